The number of benzene rings is 2. The van der Waals surface area contributed by atoms with Crippen molar-refractivity contribution in [1.82, 2.24) is 0 Å². The van der Waals surface area contributed by atoms with Crippen molar-refractivity contribution in [2.24, 2.45) is 0 Å². The van der Waals surface area contributed by atoms with E-state index >= 15 is 0 Å². The normalized spacial score (nSPS) is 10.6. The first-order chi connectivity index (χ1) is 11.7. The zero-order valence-electron chi connectivity index (χ0n) is 15.0. The van der Waals surface area contributed by atoms with Crippen LogP contribution in [0.5, 0.6) is 17.2 Å². The highest BCUT2D eigenvalue weighted by atomic mass is 16.5. The molecular formula is C21H28O3. The maximum absolute atomic E-state index is 10.4. The summed E-state index contributed by atoms with van der Waals surface area (Å²) in [6, 6.07) is 11.7. The molecule has 0 saturated heterocycles. The quantitative estimate of drug-likeness (QED) is 0.610. The zero-order chi connectivity index (χ0) is 17.4. The monoisotopic (exact) mass is 328 g/mol. The van der Waals surface area contributed by atoms with Crippen molar-refractivity contribution in [2.45, 2.75) is 46.0 Å². The summed E-state index contributed by atoms with van der Waals surface area (Å²) in [5.41, 5.74) is 2.83. The topological polar surface area (TPSA) is 38.7 Å². The standard InChI is InChI=1S/C21H28O3/c1-4-6-7-11-14-24-20-16(5-2)15-18(22)21(23-3)19(20)17-12-9-8-10-13-17/h8-10,12-13,15,22H,4-7,11,14H2,1-3H3. The van der Waals surface area contributed by atoms with E-state index in [9.17, 15) is 5.11 Å². The zero-order valence-corrected chi connectivity index (χ0v) is 15.0. The van der Waals surface area contributed by atoms with E-state index in [1.54, 1.807) is 13.2 Å². The van der Waals surface area contributed by atoms with Crippen molar-refractivity contribution in [3.8, 4) is 28.4 Å². The third kappa shape index (κ3) is 4.22. The second kappa shape index (κ2) is 9.21. The molecule has 0 spiro atoms. The summed E-state index contributed by atoms with van der Waals surface area (Å²) in [6.07, 6.45) is 5.45. The van der Waals surface area contributed by atoms with E-state index in [4.69, 9.17) is 9.47 Å². The molecule has 130 valence electrons. The number of aryl methyl sites for hydroxylation is 1. The number of aromatic hydroxyl groups is 1. The van der Waals surface area contributed by atoms with Gasteiger partial charge in [0.05, 0.1) is 19.3 Å². The van der Waals surface area contributed by atoms with Gasteiger partial charge >= 0.3 is 0 Å². The van der Waals surface area contributed by atoms with E-state index in [0.717, 1.165) is 35.3 Å². The van der Waals surface area contributed by atoms with Crippen LogP contribution in [0.1, 0.15) is 45.1 Å². The number of rotatable bonds is 9. The van der Waals surface area contributed by atoms with Crippen LogP contribution in [-0.4, -0.2) is 18.8 Å². The molecule has 0 aliphatic carbocycles. The summed E-state index contributed by atoms with van der Waals surface area (Å²) in [5, 5.41) is 10.4. The Bertz CT molecular complexity index is 635. The third-order valence-electron chi connectivity index (χ3n) is 4.18. The molecule has 1 N–H and O–H groups in total. The maximum atomic E-state index is 10.4. The predicted octanol–water partition coefficient (Wildman–Crippen LogP) is 5.59. The van der Waals surface area contributed by atoms with Crippen LogP contribution in [0.4, 0.5) is 0 Å². The average molecular weight is 328 g/mol. The summed E-state index contributed by atoms with van der Waals surface area (Å²) >= 11 is 0. The van der Waals surface area contributed by atoms with Gasteiger partial charge < -0.3 is 14.6 Å². The highest BCUT2D eigenvalue weighted by Crippen LogP contribution is 2.46. The smallest absolute Gasteiger partial charge is 0.172 e. The van der Waals surface area contributed by atoms with Gasteiger partial charge in [0.15, 0.2) is 11.5 Å². The molecule has 0 radical (unpaired) electrons. The fourth-order valence-electron chi connectivity index (χ4n) is 2.89. The van der Waals surface area contributed by atoms with Crippen molar-refractivity contribution in [3.05, 3.63) is 42.0 Å². The van der Waals surface area contributed by atoms with Crippen LogP contribution in [0.3, 0.4) is 0 Å². The first-order valence-corrected chi connectivity index (χ1v) is 8.83. The van der Waals surface area contributed by atoms with Crippen molar-refractivity contribution in [2.75, 3.05) is 13.7 Å². The van der Waals surface area contributed by atoms with Crippen LogP contribution in [0.25, 0.3) is 11.1 Å². The van der Waals surface area contributed by atoms with Gasteiger partial charge in [-0.05, 0) is 30.0 Å². The lowest BCUT2D eigenvalue weighted by Crippen LogP contribution is -2.03. The highest BCUT2D eigenvalue weighted by Gasteiger charge is 2.20. The van der Waals surface area contributed by atoms with E-state index < -0.39 is 0 Å². The molecule has 0 saturated carbocycles. The van der Waals surface area contributed by atoms with Gasteiger partial charge in [0.25, 0.3) is 0 Å². The van der Waals surface area contributed by atoms with E-state index in [-0.39, 0.29) is 5.75 Å². The number of ether oxygens (including phenoxy) is 2. The van der Waals surface area contributed by atoms with Gasteiger partial charge in [0, 0.05) is 0 Å². The summed E-state index contributed by atoms with van der Waals surface area (Å²) in [7, 11) is 1.58. The van der Waals surface area contributed by atoms with Gasteiger partial charge in [-0.2, -0.15) is 0 Å². The van der Waals surface area contributed by atoms with Crippen LogP contribution in [0, 0.1) is 0 Å². The van der Waals surface area contributed by atoms with Crippen LogP contribution < -0.4 is 9.47 Å². The fourth-order valence-corrected chi connectivity index (χ4v) is 2.89. The minimum atomic E-state index is 0.159. The van der Waals surface area contributed by atoms with Crippen molar-refractivity contribution >= 4 is 0 Å². The minimum Gasteiger partial charge on any atom is -0.504 e. The van der Waals surface area contributed by atoms with Crippen LogP contribution in [-0.2, 0) is 6.42 Å². The molecular weight excluding hydrogens is 300 g/mol. The van der Waals surface area contributed by atoms with Gasteiger partial charge in [-0.25, -0.2) is 0 Å². The molecule has 0 unspecified atom stereocenters. The molecule has 0 aromatic heterocycles. The number of hydrogen-bond donors (Lipinski definition) is 1. The van der Waals surface area contributed by atoms with Crippen LogP contribution in [0.2, 0.25) is 0 Å². The number of methoxy groups -OCH3 is 1. The molecule has 0 atom stereocenters. The lowest BCUT2D eigenvalue weighted by atomic mass is 9.98. The second-order valence-corrected chi connectivity index (χ2v) is 5.92. The number of hydrogen-bond acceptors (Lipinski definition) is 3. The number of phenolic OH excluding ortho intramolecular Hbond substituents is 1. The minimum absolute atomic E-state index is 0.159. The predicted molar refractivity (Wildman–Crippen MR) is 99.1 cm³/mol. The molecule has 0 aliphatic rings. The number of unbranched alkanes of at least 4 members (excludes halogenated alkanes) is 3. The SMILES string of the molecule is CCCCCCOc1c(CC)cc(O)c(OC)c1-c1ccccc1. The molecule has 0 fully saturated rings. The first kappa shape index (κ1) is 18.2. The van der Waals surface area contributed by atoms with E-state index in [1.165, 1.54) is 19.3 Å². The molecule has 2 aromatic carbocycles. The molecule has 0 amide bonds. The fraction of sp³-hybridized carbons (Fsp3) is 0.429. The van der Waals surface area contributed by atoms with Gasteiger partial charge in [-0.15, -0.1) is 0 Å². The molecule has 3 nitrogen and oxygen atoms in total. The molecule has 2 aromatic rings. The Morgan fingerprint density at radius 3 is 2.33 bits per heavy atom. The Balaban J connectivity index is 2.41. The molecule has 3 heteroatoms. The average Bonchev–Trinajstić information content (AvgIpc) is 2.62. The van der Waals surface area contributed by atoms with Crippen molar-refractivity contribution < 1.29 is 14.6 Å². The molecule has 24 heavy (non-hydrogen) atoms. The Kier molecular flexibility index (Phi) is 6.98. The van der Waals surface area contributed by atoms with Gasteiger partial charge in [0.2, 0.25) is 0 Å². The van der Waals surface area contributed by atoms with E-state index in [0.29, 0.717) is 12.4 Å². The third-order valence-corrected chi connectivity index (χ3v) is 4.18. The lowest BCUT2D eigenvalue weighted by Gasteiger charge is -2.19. The van der Waals surface area contributed by atoms with Gasteiger partial charge in [-0.1, -0.05) is 63.4 Å². The van der Waals surface area contributed by atoms with Gasteiger partial charge in [0.1, 0.15) is 5.75 Å². The molecule has 2 rings (SSSR count). The van der Waals surface area contributed by atoms with Crippen LogP contribution >= 0.6 is 0 Å². The van der Waals surface area contributed by atoms with E-state index in [1.807, 2.05) is 30.3 Å². The summed E-state index contributed by atoms with van der Waals surface area (Å²) in [4.78, 5) is 0. The molecule has 0 heterocycles. The number of phenols is 1. The second-order valence-electron chi connectivity index (χ2n) is 5.92. The summed E-state index contributed by atoms with van der Waals surface area (Å²) < 4.78 is 11.7. The van der Waals surface area contributed by atoms with E-state index in [2.05, 4.69) is 13.8 Å². The maximum Gasteiger partial charge on any atom is 0.172 e. The Morgan fingerprint density at radius 1 is 0.958 bits per heavy atom. The van der Waals surface area contributed by atoms with Crippen molar-refractivity contribution in [3.63, 3.8) is 0 Å². The Morgan fingerprint density at radius 2 is 1.71 bits per heavy atom. The Labute approximate surface area is 145 Å². The van der Waals surface area contributed by atoms with Gasteiger partial charge in [-0.3, -0.25) is 0 Å². The summed E-state index contributed by atoms with van der Waals surface area (Å²) in [5.74, 6) is 1.46. The Hall–Kier alpha value is -2.16. The first-order valence-electron chi connectivity index (χ1n) is 8.83. The van der Waals surface area contributed by atoms with Crippen LogP contribution in [0.15, 0.2) is 36.4 Å². The lowest BCUT2D eigenvalue weighted by molar-refractivity contribution is 0.299. The highest BCUT2D eigenvalue weighted by molar-refractivity contribution is 5.81. The van der Waals surface area contributed by atoms with Crippen molar-refractivity contribution in [1.29, 1.82) is 0 Å². The largest absolute Gasteiger partial charge is 0.504 e. The summed E-state index contributed by atoms with van der Waals surface area (Å²) in [6.45, 7) is 4.95. The molecule has 0 bridgehead atoms. The molecule has 0 aliphatic heterocycles.